The topological polar surface area (TPSA) is 153 Å². The molecule has 210 valence electrons. The summed E-state index contributed by atoms with van der Waals surface area (Å²) in [7, 11) is 0. The van der Waals surface area contributed by atoms with Gasteiger partial charge in [-0.05, 0) is 52.4 Å². The Kier molecular flexibility index (Phi) is 10.00. The minimum absolute atomic E-state index is 0.0239. The number of carbonyl (C=O) groups excluding carboxylic acids is 2. The van der Waals surface area contributed by atoms with Crippen molar-refractivity contribution in [3.8, 4) is 0 Å². The maximum Gasteiger partial charge on any atom is 0.410 e. The first-order chi connectivity index (χ1) is 17.4. The highest BCUT2D eigenvalue weighted by Crippen LogP contribution is 2.28. The molecule has 3 saturated heterocycles. The second kappa shape index (κ2) is 12.8. The largest absolute Gasteiger partial charge is 0.481 e. The van der Waals surface area contributed by atoms with E-state index in [1.165, 1.54) is 0 Å². The normalized spacial score (nSPS) is 25.7. The standard InChI is InChI=1S/C25H44N6O6/c1-25(2,3)37-24(35)31-10-6-18(15-20(31)22(26)27)5-4-8-30-17-19(36-23(30)34)16-29-13-11-28(12-14-29)9-7-21(32)33/h18-20H,4-17H2,1-3H3,(H3,26,27)(H,32,33). The molecule has 3 aliphatic heterocycles. The fraction of sp³-hybridized carbons (Fsp3) is 0.840. The van der Waals surface area contributed by atoms with Crippen molar-refractivity contribution in [3.05, 3.63) is 0 Å². The SMILES string of the molecule is CC(C)(C)OC(=O)N1CCC(CCCN2CC(CN3CCN(CCC(=O)O)CC3)OC2=O)CC1C(=N)N. The van der Waals surface area contributed by atoms with Gasteiger partial charge in [-0.15, -0.1) is 0 Å². The van der Waals surface area contributed by atoms with E-state index in [0.29, 0.717) is 45.1 Å². The zero-order valence-electron chi connectivity index (χ0n) is 22.5. The lowest BCUT2D eigenvalue weighted by Crippen LogP contribution is -2.53. The molecule has 4 N–H and O–H groups in total. The highest BCUT2D eigenvalue weighted by molar-refractivity contribution is 5.86. The zero-order chi connectivity index (χ0) is 27.2. The molecule has 3 heterocycles. The van der Waals surface area contributed by atoms with E-state index in [9.17, 15) is 14.4 Å². The molecule has 0 aliphatic carbocycles. The van der Waals surface area contributed by atoms with E-state index < -0.39 is 23.7 Å². The number of ether oxygens (including phenoxy) is 2. The predicted molar refractivity (Wildman–Crippen MR) is 138 cm³/mol. The van der Waals surface area contributed by atoms with E-state index in [1.54, 1.807) is 9.80 Å². The van der Waals surface area contributed by atoms with Crippen LogP contribution < -0.4 is 5.73 Å². The van der Waals surface area contributed by atoms with Gasteiger partial charge in [-0.2, -0.15) is 0 Å². The number of amidine groups is 1. The number of piperazine rings is 1. The van der Waals surface area contributed by atoms with Crippen LogP contribution in [0.1, 0.15) is 52.9 Å². The lowest BCUT2D eigenvalue weighted by molar-refractivity contribution is -0.137. The number of rotatable bonds is 10. The van der Waals surface area contributed by atoms with Gasteiger partial charge in [0.2, 0.25) is 0 Å². The predicted octanol–water partition coefficient (Wildman–Crippen LogP) is 1.63. The number of nitrogens with two attached hydrogens (primary N) is 1. The second-order valence-electron chi connectivity index (χ2n) is 11.4. The molecule has 3 fully saturated rings. The molecule has 3 aliphatic rings. The number of nitrogens with zero attached hydrogens (tertiary/aromatic N) is 4. The Balaban J connectivity index is 1.37. The molecule has 3 unspecified atom stereocenters. The van der Waals surface area contributed by atoms with Gasteiger partial charge >= 0.3 is 18.2 Å². The van der Waals surface area contributed by atoms with Crippen LogP contribution in [0.25, 0.3) is 0 Å². The number of carboxylic acid groups (broad SMARTS) is 1. The van der Waals surface area contributed by atoms with Gasteiger partial charge in [-0.3, -0.25) is 20.0 Å². The summed E-state index contributed by atoms with van der Waals surface area (Å²) in [6.45, 7) is 11.7. The molecule has 0 aromatic rings. The summed E-state index contributed by atoms with van der Waals surface area (Å²) in [5.41, 5.74) is 5.23. The van der Waals surface area contributed by atoms with Crippen LogP contribution in [0.15, 0.2) is 0 Å². The van der Waals surface area contributed by atoms with E-state index in [4.69, 9.17) is 25.7 Å². The highest BCUT2D eigenvalue weighted by atomic mass is 16.6. The number of hydrogen-bond acceptors (Lipinski definition) is 8. The van der Waals surface area contributed by atoms with Crippen LogP contribution in [0, 0.1) is 11.3 Å². The number of carboxylic acids is 1. The third-order valence-corrected chi connectivity index (χ3v) is 7.26. The van der Waals surface area contributed by atoms with E-state index in [-0.39, 0.29) is 24.5 Å². The zero-order valence-corrected chi connectivity index (χ0v) is 22.5. The van der Waals surface area contributed by atoms with Gasteiger partial charge in [0.15, 0.2) is 0 Å². The van der Waals surface area contributed by atoms with Crippen molar-refractivity contribution < 1.29 is 29.0 Å². The van der Waals surface area contributed by atoms with E-state index in [1.807, 2.05) is 20.8 Å². The summed E-state index contributed by atoms with van der Waals surface area (Å²) >= 11 is 0. The Morgan fingerprint density at radius 2 is 1.81 bits per heavy atom. The quantitative estimate of drug-likeness (QED) is 0.286. The van der Waals surface area contributed by atoms with Gasteiger partial charge in [0.25, 0.3) is 0 Å². The van der Waals surface area contributed by atoms with Crippen molar-refractivity contribution >= 4 is 24.0 Å². The third-order valence-electron chi connectivity index (χ3n) is 7.26. The molecule has 12 nitrogen and oxygen atoms in total. The Morgan fingerprint density at radius 1 is 1.14 bits per heavy atom. The van der Waals surface area contributed by atoms with Crippen molar-refractivity contribution in [3.63, 3.8) is 0 Å². The van der Waals surface area contributed by atoms with Gasteiger partial charge < -0.3 is 30.1 Å². The van der Waals surface area contributed by atoms with Crippen LogP contribution in [0.4, 0.5) is 9.59 Å². The smallest absolute Gasteiger partial charge is 0.410 e. The number of amides is 2. The number of likely N-dealkylation sites (tertiary alicyclic amines) is 1. The molecule has 0 aromatic heterocycles. The molecule has 0 bridgehead atoms. The van der Waals surface area contributed by atoms with Crippen LogP contribution >= 0.6 is 0 Å². The minimum atomic E-state index is -0.773. The van der Waals surface area contributed by atoms with Crippen molar-refractivity contribution in [2.75, 3.05) is 58.9 Å². The number of carbonyl (C=O) groups is 3. The number of piperidine rings is 1. The molecular formula is C25H44N6O6. The van der Waals surface area contributed by atoms with Crippen LogP contribution in [-0.4, -0.2) is 125 Å². The number of aliphatic carboxylic acids is 1. The molecule has 2 amide bonds. The molecule has 12 heteroatoms. The maximum atomic E-state index is 12.6. The molecule has 0 radical (unpaired) electrons. The molecule has 3 rings (SSSR count). The Bertz CT molecular complexity index is 825. The number of cyclic esters (lactones) is 1. The summed E-state index contributed by atoms with van der Waals surface area (Å²) in [4.78, 5) is 43.5. The summed E-state index contributed by atoms with van der Waals surface area (Å²) in [6.07, 6.45) is 2.45. The maximum absolute atomic E-state index is 12.6. The number of hydrogen-bond donors (Lipinski definition) is 3. The highest BCUT2D eigenvalue weighted by Gasteiger charge is 2.37. The molecule has 37 heavy (non-hydrogen) atoms. The van der Waals surface area contributed by atoms with Crippen molar-refractivity contribution in [1.82, 2.24) is 19.6 Å². The molecule has 0 spiro atoms. The van der Waals surface area contributed by atoms with Gasteiger partial charge in [0, 0.05) is 52.4 Å². The van der Waals surface area contributed by atoms with Crippen LogP contribution in [0.2, 0.25) is 0 Å². The molecule has 3 atom stereocenters. The van der Waals surface area contributed by atoms with Crippen LogP contribution in [0.3, 0.4) is 0 Å². The van der Waals surface area contributed by atoms with Gasteiger partial charge in [0.1, 0.15) is 17.5 Å². The van der Waals surface area contributed by atoms with Crippen LogP contribution in [0.5, 0.6) is 0 Å². The van der Waals surface area contributed by atoms with E-state index >= 15 is 0 Å². The van der Waals surface area contributed by atoms with Crippen molar-refractivity contribution in [1.29, 1.82) is 5.41 Å². The Labute approximate surface area is 219 Å². The summed E-state index contributed by atoms with van der Waals surface area (Å²) in [6, 6.07) is -0.459. The van der Waals surface area contributed by atoms with Crippen molar-refractivity contribution in [2.24, 2.45) is 11.7 Å². The van der Waals surface area contributed by atoms with Crippen LogP contribution in [-0.2, 0) is 14.3 Å². The average molecular weight is 525 g/mol. The summed E-state index contributed by atoms with van der Waals surface area (Å²) in [5.74, 6) is -0.478. The summed E-state index contributed by atoms with van der Waals surface area (Å²) < 4.78 is 11.1. The first kappa shape index (κ1) is 29.0. The monoisotopic (exact) mass is 524 g/mol. The lowest BCUT2D eigenvalue weighted by Gasteiger charge is -2.39. The van der Waals surface area contributed by atoms with E-state index in [2.05, 4.69) is 9.80 Å². The first-order valence-corrected chi connectivity index (χ1v) is 13.4. The van der Waals surface area contributed by atoms with E-state index in [0.717, 1.165) is 45.4 Å². The molecule has 0 aromatic carbocycles. The fourth-order valence-electron chi connectivity index (χ4n) is 5.29. The van der Waals surface area contributed by atoms with Gasteiger partial charge in [-0.1, -0.05) is 0 Å². The summed E-state index contributed by atoms with van der Waals surface area (Å²) in [5, 5.41) is 16.8. The lowest BCUT2D eigenvalue weighted by atomic mass is 9.87. The second-order valence-corrected chi connectivity index (χ2v) is 11.4. The Morgan fingerprint density at radius 3 is 2.43 bits per heavy atom. The van der Waals surface area contributed by atoms with Gasteiger partial charge in [0.05, 0.1) is 19.0 Å². The van der Waals surface area contributed by atoms with Crippen molar-refractivity contribution in [2.45, 2.75) is 70.6 Å². The minimum Gasteiger partial charge on any atom is -0.481 e. The molecular weight excluding hydrogens is 480 g/mol. The Hall–Kier alpha value is -2.60. The first-order valence-electron chi connectivity index (χ1n) is 13.4. The van der Waals surface area contributed by atoms with Gasteiger partial charge in [-0.25, -0.2) is 9.59 Å². The molecule has 0 saturated carbocycles. The number of nitrogens with one attached hydrogen (secondary N) is 1. The fourth-order valence-corrected chi connectivity index (χ4v) is 5.29. The third kappa shape index (κ3) is 9.03. The average Bonchev–Trinajstić information content (AvgIpc) is 3.16.